The Kier molecular flexibility index (Phi) is 5.74. The summed E-state index contributed by atoms with van der Waals surface area (Å²) in [4.78, 5) is 26.0. The van der Waals surface area contributed by atoms with E-state index in [0.29, 0.717) is 19.1 Å². The van der Waals surface area contributed by atoms with E-state index in [1.54, 1.807) is 0 Å². The molecule has 2 rings (SSSR count). The molecule has 0 aromatic heterocycles. The van der Waals surface area contributed by atoms with Gasteiger partial charge in [0.2, 0.25) is 0 Å². The average Bonchev–Trinajstić information content (AvgIpc) is 3.09. The van der Waals surface area contributed by atoms with Gasteiger partial charge in [0.1, 0.15) is 0 Å². The van der Waals surface area contributed by atoms with Crippen molar-refractivity contribution >= 4 is 11.9 Å². The van der Waals surface area contributed by atoms with Crippen molar-refractivity contribution in [2.45, 2.75) is 60.3 Å². The van der Waals surface area contributed by atoms with Crippen molar-refractivity contribution in [2.75, 3.05) is 13.2 Å². The molecule has 3 atom stereocenters. The van der Waals surface area contributed by atoms with Gasteiger partial charge in [0, 0.05) is 0 Å². The lowest BCUT2D eigenvalue weighted by atomic mass is 9.65. The Morgan fingerprint density at radius 2 is 1.52 bits per heavy atom. The van der Waals surface area contributed by atoms with E-state index in [4.69, 9.17) is 9.47 Å². The molecule has 4 heteroatoms. The van der Waals surface area contributed by atoms with E-state index < -0.39 is 5.41 Å². The van der Waals surface area contributed by atoms with Crippen LogP contribution in [0.4, 0.5) is 0 Å². The summed E-state index contributed by atoms with van der Waals surface area (Å²) < 4.78 is 11.1. The van der Waals surface area contributed by atoms with Gasteiger partial charge in [-0.25, -0.2) is 0 Å². The third-order valence-corrected chi connectivity index (χ3v) is 5.48. The second-order valence-corrected chi connectivity index (χ2v) is 8.14. The highest BCUT2D eigenvalue weighted by atomic mass is 16.6. The number of hydrogen-bond donors (Lipinski definition) is 0. The molecule has 2 saturated carbocycles. The van der Waals surface area contributed by atoms with Gasteiger partial charge in [-0.1, -0.05) is 41.0 Å². The highest BCUT2D eigenvalue weighted by Crippen LogP contribution is 2.61. The van der Waals surface area contributed by atoms with Gasteiger partial charge in [-0.15, -0.1) is 0 Å². The third kappa shape index (κ3) is 3.27. The quantitative estimate of drug-likeness (QED) is 0.527. The zero-order chi connectivity index (χ0) is 17.2. The van der Waals surface area contributed by atoms with E-state index in [1.807, 2.05) is 27.7 Å². The second-order valence-electron chi connectivity index (χ2n) is 8.14. The molecule has 0 heterocycles. The molecule has 3 unspecified atom stereocenters. The minimum Gasteiger partial charge on any atom is -0.465 e. The van der Waals surface area contributed by atoms with Crippen molar-refractivity contribution in [2.24, 2.45) is 35.0 Å². The first-order chi connectivity index (χ1) is 10.8. The van der Waals surface area contributed by atoms with Crippen LogP contribution in [0.3, 0.4) is 0 Å². The molecule has 0 aliphatic heterocycles. The second kappa shape index (κ2) is 7.23. The van der Waals surface area contributed by atoms with Crippen LogP contribution >= 0.6 is 0 Å². The number of hydrogen-bond acceptors (Lipinski definition) is 4. The summed E-state index contributed by atoms with van der Waals surface area (Å²) in [7, 11) is 0. The molecule has 0 aromatic rings. The first-order valence-electron chi connectivity index (χ1n) is 9.18. The fourth-order valence-electron chi connectivity index (χ4n) is 4.57. The number of carbonyl (C=O) groups excluding carboxylic acids is 2. The molecule has 0 radical (unpaired) electrons. The maximum atomic E-state index is 13.0. The molecule has 0 saturated heterocycles. The Morgan fingerprint density at radius 1 is 1.00 bits per heavy atom. The molecular weight excluding hydrogens is 292 g/mol. The van der Waals surface area contributed by atoms with Gasteiger partial charge in [-0.3, -0.25) is 9.59 Å². The molecule has 4 nitrogen and oxygen atoms in total. The Bertz CT molecular complexity index is 417. The lowest BCUT2D eigenvalue weighted by molar-refractivity contribution is -0.183. The van der Waals surface area contributed by atoms with E-state index in [-0.39, 0.29) is 35.6 Å². The van der Waals surface area contributed by atoms with Crippen molar-refractivity contribution in [3.63, 3.8) is 0 Å². The SMILES string of the molecule is CCC1C2CCC(C2)C1(C(=O)OCC(C)C)C(=O)OCC(C)C. The van der Waals surface area contributed by atoms with E-state index in [2.05, 4.69) is 6.92 Å². The van der Waals surface area contributed by atoms with Gasteiger partial charge < -0.3 is 9.47 Å². The first kappa shape index (κ1) is 18.3. The Balaban J connectivity index is 2.27. The topological polar surface area (TPSA) is 52.6 Å². The molecule has 0 aromatic carbocycles. The van der Waals surface area contributed by atoms with Gasteiger partial charge in [0.25, 0.3) is 0 Å². The molecule has 0 N–H and O–H groups in total. The van der Waals surface area contributed by atoms with Gasteiger partial charge >= 0.3 is 11.9 Å². The molecular formula is C19H32O4. The van der Waals surface area contributed by atoms with E-state index in [1.165, 1.54) is 0 Å². The summed E-state index contributed by atoms with van der Waals surface area (Å²) in [5.74, 6) is 0.487. The third-order valence-electron chi connectivity index (χ3n) is 5.48. The predicted octanol–water partition coefficient (Wildman–Crippen LogP) is 3.83. The first-order valence-corrected chi connectivity index (χ1v) is 9.18. The average molecular weight is 324 g/mol. The molecule has 23 heavy (non-hydrogen) atoms. The van der Waals surface area contributed by atoms with E-state index in [0.717, 1.165) is 25.7 Å². The summed E-state index contributed by atoms with van der Waals surface area (Å²) in [5, 5.41) is 0. The predicted molar refractivity (Wildman–Crippen MR) is 88.6 cm³/mol. The zero-order valence-corrected chi connectivity index (χ0v) is 15.3. The Morgan fingerprint density at radius 3 is 1.96 bits per heavy atom. The number of rotatable bonds is 7. The molecule has 2 aliphatic rings. The fourth-order valence-corrected chi connectivity index (χ4v) is 4.57. The van der Waals surface area contributed by atoms with Crippen LogP contribution in [0, 0.1) is 35.0 Å². The zero-order valence-electron chi connectivity index (χ0n) is 15.3. The number of ether oxygens (including phenoxy) is 2. The maximum Gasteiger partial charge on any atom is 0.324 e. The Labute approximate surface area is 140 Å². The van der Waals surface area contributed by atoms with Crippen LogP contribution in [0.2, 0.25) is 0 Å². The van der Waals surface area contributed by atoms with Crippen molar-refractivity contribution < 1.29 is 19.1 Å². The van der Waals surface area contributed by atoms with Crippen LogP contribution in [-0.4, -0.2) is 25.2 Å². The van der Waals surface area contributed by atoms with Crippen LogP contribution < -0.4 is 0 Å². The van der Waals surface area contributed by atoms with Crippen LogP contribution in [0.5, 0.6) is 0 Å². The molecule has 0 amide bonds. The minimum atomic E-state index is -1.05. The smallest absolute Gasteiger partial charge is 0.324 e. The number of esters is 2. The summed E-state index contributed by atoms with van der Waals surface area (Å²) >= 11 is 0. The minimum absolute atomic E-state index is 0.0700. The van der Waals surface area contributed by atoms with E-state index in [9.17, 15) is 9.59 Å². The molecule has 0 spiro atoms. The van der Waals surface area contributed by atoms with Crippen molar-refractivity contribution in [3.8, 4) is 0 Å². The number of carbonyl (C=O) groups is 2. The van der Waals surface area contributed by atoms with Crippen molar-refractivity contribution in [3.05, 3.63) is 0 Å². The van der Waals surface area contributed by atoms with E-state index >= 15 is 0 Å². The normalized spacial score (nSPS) is 28.4. The fraction of sp³-hybridized carbons (Fsp3) is 0.895. The van der Waals surface area contributed by atoms with Gasteiger partial charge in [-0.2, -0.15) is 0 Å². The highest BCUT2D eigenvalue weighted by Gasteiger charge is 2.67. The monoisotopic (exact) mass is 324 g/mol. The lowest BCUT2D eigenvalue weighted by Gasteiger charge is -2.39. The number of fused-ring (bicyclic) bond motifs is 2. The van der Waals surface area contributed by atoms with Crippen LogP contribution in [0.1, 0.15) is 60.3 Å². The standard InChI is InChI=1S/C19H32O4/c1-6-16-14-7-8-15(9-14)19(16,17(20)22-10-12(2)3)18(21)23-11-13(4)5/h12-16H,6-11H2,1-5H3. The van der Waals surface area contributed by atoms with Gasteiger partial charge in [-0.05, 0) is 48.9 Å². The van der Waals surface area contributed by atoms with Gasteiger partial charge in [0.05, 0.1) is 13.2 Å². The highest BCUT2D eigenvalue weighted by molar-refractivity contribution is 6.01. The lowest BCUT2D eigenvalue weighted by Crippen LogP contribution is -2.51. The largest absolute Gasteiger partial charge is 0.465 e. The van der Waals surface area contributed by atoms with Crippen molar-refractivity contribution in [1.82, 2.24) is 0 Å². The molecule has 2 fully saturated rings. The van der Waals surface area contributed by atoms with Crippen molar-refractivity contribution in [1.29, 1.82) is 0 Å². The molecule has 2 bridgehead atoms. The summed E-state index contributed by atoms with van der Waals surface area (Å²) in [6.07, 6.45) is 3.86. The summed E-state index contributed by atoms with van der Waals surface area (Å²) in [6, 6.07) is 0. The van der Waals surface area contributed by atoms with Crippen LogP contribution in [-0.2, 0) is 19.1 Å². The molecule has 132 valence electrons. The molecule has 2 aliphatic carbocycles. The van der Waals surface area contributed by atoms with Gasteiger partial charge in [0.15, 0.2) is 5.41 Å². The summed E-state index contributed by atoms with van der Waals surface area (Å²) in [5.41, 5.74) is -1.05. The van der Waals surface area contributed by atoms with Crippen LogP contribution in [0.15, 0.2) is 0 Å². The Hall–Kier alpha value is -1.06. The maximum absolute atomic E-state index is 13.0. The summed E-state index contributed by atoms with van der Waals surface area (Å²) in [6.45, 7) is 10.8. The van der Waals surface area contributed by atoms with Crippen LogP contribution in [0.25, 0.3) is 0 Å².